The second-order valence-corrected chi connectivity index (χ2v) is 5.91. The predicted molar refractivity (Wildman–Crippen MR) is 95.8 cm³/mol. The number of hydrogen-bond donors (Lipinski definition) is 2. The van der Waals surface area contributed by atoms with E-state index in [1.807, 2.05) is 36.5 Å². The molecule has 1 fully saturated rings. The maximum atomic E-state index is 12.3. The zero-order chi connectivity index (χ0) is 17.5. The van der Waals surface area contributed by atoms with Crippen molar-refractivity contribution in [3.8, 4) is 5.75 Å². The number of pyridine rings is 1. The Labute approximate surface area is 147 Å². The lowest BCUT2D eigenvalue weighted by Gasteiger charge is -2.16. The summed E-state index contributed by atoms with van der Waals surface area (Å²) >= 11 is 0. The van der Waals surface area contributed by atoms with Crippen molar-refractivity contribution in [3.63, 3.8) is 0 Å². The Morgan fingerprint density at radius 2 is 2.20 bits per heavy atom. The molecule has 0 radical (unpaired) electrons. The maximum Gasteiger partial charge on any atom is 0.319 e. The van der Waals surface area contributed by atoms with Crippen LogP contribution in [0.3, 0.4) is 0 Å². The Bertz CT molecular complexity index is 715. The van der Waals surface area contributed by atoms with E-state index in [1.54, 1.807) is 6.20 Å². The van der Waals surface area contributed by atoms with Crippen molar-refractivity contribution in [2.24, 2.45) is 0 Å². The number of carbonyl (C=O) groups excluding carboxylic acids is 1. The van der Waals surface area contributed by atoms with Gasteiger partial charge in [0.2, 0.25) is 0 Å². The van der Waals surface area contributed by atoms with Crippen molar-refractivity contribution in [2.75, 3.05) is 18.5 Å². The number of para-hydroxylation sites is 2. The molecule has 1 aliphatic rings. The Balaban J connectivity index is 1.59. The fourth-order valence-corrected chi connectivity index (χ4v) is 2.75. The summed E-state index contributed by atoms with van der Waals surface area (Å²) in [5.41, 5.74) is 2.85. The first-order valence-electron chi connectivity index (χ1n) is 8.56. The number of urea groups is 1. The summed E-state index contributed by atoms with van der Waals surface area (Å²) < 4.78 is 11.3. The van der Waals surface area contributed by atoms with Crippen LogP contribution in [-0.4, -0.2) is 30.3 Å². The third-order valence-electron chi connectivity index (χ3n) is 4.14. The molecule has 0 bridgehead atoms. The molecule has 1 aromatic carbocycles. The van der Waals surface area contributed by atoms with E-state index >= 15 is 0 Å². The molecule has 1 aliphatic heterocycles. The average molecular weight is 341 g/mol. The number of ether oxygens (including phenoxy) is 2. The van der Waals surface area contributed by atoms with E-state index in [-0.39, 0.29) is 12.1 Å². The number of carbonyl (C=O) groups is 1. The lowest BCUT2D eigenvalue weighted by Crippen LogP contribution is -2.29. The highest BCUT2D eigenvalue weighted by molar-refractivity contribution is 5.90. The van der Waals surface area contributed by atoms with Gasteiger partial charge in [-0.3, -0.25) is 4.98 Å². The van der Waals surface area contributed by atoms with Crippen molar-refractivity contribution in [3.05, 3.63) is 53.9 Å². The van der Waals surface area contributed by atoms with Crippen molar-refractivity contribution in [1.82, 2.24) is 10.3 Å². The molecule has 1 aromatic heterocycles. The van der Waals surface area contributed by atoms with E-state index in [0.29, 0.717) is 31.2 Å². The van der Waals surface area contributed by atoms with Gasteiger partial charge in [-0.2, -0.15) is 0 Å². The van der Waals surface area contributed by atoms with Crippen LogP contribution in [0.1, 0.15) is 24.5 Å². The van der Waals surface area contributed by atoms with Crippen LogP contribution in [0.25, 0.3) is 0 Å². The van der Waals surface area contributed by atoms with Gasteiger partial charge in [-0.15, -0.1) is 0 Å². The standard InChI is InChI=1S/C19H23N3O3/c1-2-14-11-20-9-7-15(14)12-21-19(23)22-17-5-3-4-6-18(17)25-16-8-10-24-13-16/h3-7,9,11,16H,2,8,10,12-13H2,1H3,(H2,21,22,23)/t16-/m1/s1. The molecule has 2 heterocycles. The molecule has 25 heavy (non-hydrogen) atoms. The Morgan fingerprint density at radius 1 is 1.32 bits per heavy atom. The molecular formula is C19H23N3O3. The fraction of sp³-hybridized carbons (Fsp3) is 0.368. The largest absolute Gasteiger partial charge is 0.486 e. The maximum absolute atomic E-state index is 12.3. The van der Waals surface area contributed by atoms with Crippen LogP contribution in [0.2, 0.25) is 0 Å². The van der Waals surface area contributed by atoms with E-state index in [2.05, 4.69) is 22.5 Å². The lowest BCUT2D eigenvalue weighted by molar-refractivity contribution is 0.142. The smallest absolute Gasteiger partial charge is 0.319 e. The van der Waals surface area contributed by atoms with Crippen molar-refractivity contribution in [1.29, 1.82) is 0 Å². The topological polar surface area (TPSA) is 72.5 Å². The number of rotatable bonds is 6. The third kappa shape index (κ3) is 4.70. The minimum absolute atomic E-state index is 0.0370. The number of aryl methyl sites for hydroxylation is 1. The van der Waals surface area contributed by atoms with Gasteiger partial charge in [0.05, 0.1) is 18.9 Å². The first-order chi connectivity index (χ1) is 12.3. The summed E-state index contributed by atoms with van der Waals surface area (Å²) in [6.07, 6.45) is 5.35. The minimum Gasteiger partial charge on any atom is -0.486 e. The molecule has 3 rings (SSSR count). The van der Waals surface area contributed by atoms with Gasteiger partial charge in [0.1, 0.15) is 11.9 Å². The van der Waals surface area contributed by atoms with Crippen LogP contribution in [0.5, 0.6) is 5.75 Å². The summed E-state index contributed by atoms with van der Waals surface area (Å²) in [6, 6.07) is 9.10. The van der Waals surface area contributed by atoms with E-state index in [0.717, 1.165) is 24.0 Å². The Kier molecular flexibility index (Phi) is 5.85. The number of anilines is 1. The van der Waals surface area contributed by atoms with Gasteiger partial charge in [-0.1, -0.05) is 19.1 Å². The van der Waals surface area contributed by atoms with Crippen molar-refractivity contribution < 1.29 is 14.3 Å². The van der Waals surface area contributed by atoms with Crippen LogP contribution < -0.4 is 15.4 Å². The molecule has 1 atom stereocenters. The Hall–Kier alpha value is -2.60. The first kappa shape index (κ1) is 17.2. The average Bonchev–Trinajstić information content (AvgIpc) is 3.15. The summed E-state index contributed by atoms with van der Waals surface area (Å²) in [5.74, 6) is 0.659. The second-order valence-electron chi connectivity index (χ2n) is 5.91. The van der Waals surface area contributed by atoms with Crippen LogP contribution >= 0.6 is 0 Å². The summed E-state index contributed by atoms with van der Waals surface area (Å²) in [5, 5.41) is 5.75. The Morgan fingerprint density at radius 3 is 3.00 bits per heavy atom. The van der Waals surface area contributed by atoms with Gasteiger partial charge < -0.3 is 20.1 Å². The molecular weight excluding hydrogens is 318 g/mol. The van der Waals surface area contributed by atoms with Crippen molar-refractivity contribution in [2.45, 2.75) is 32.4 Å². The van der Waals surface area contributed by atoms with Gasteiger partial charge in [0.25, 0.3) is 0 Å². The molecule has 1 saturated heterocycles. The highest BCUT2D eigenvalue weighted by Gasteiger charge is 2.19. The van der Waals surface area contributed by atoms with E-state index < -0.39 is 0 Å². The highest BCUT2D eigenvalue weighted by Crippen LogP contribution is 2.26. The van der Waals surface area contributed by atoms with E-state index in [4.69, 9.17) is 9.47 Å². The van der Waals surface area contributed by atoms with Crippen LogP contribution in [0.4, 0.5) is 10.5 Å². The summed E-state index contributed by atoms with van der Waals surface area (Å²) in [7, 11) is 0. The number of nitrogens with one attached hydrogen (secondary N) is 2. The van der Waals surface area contributed by atoms with Crippen LogP contribution in [-0.2, 0) is 17.7 Å². The normalized spacial score (nSPS) is 16.4. The molecule has 0 saturated carbocycles. The lowest BCUT2D eigenvalue weighted by atomic mass is 10.1. The molecule has 2 amide bonds. The first-order valence-corrected chi connectivity index (χ1v) is 8.56. The molecule has 0 spiro atoms. The van der Waals surface area contributed by atoms with Gasteiger partial charge in [0, 0.05) is 25.4 Å². The number of nitrogens with zero attached hydrogens (tertiary/aromatic N) is 1. The number of benzene rings is 1. The van der Waals surface area contributed by atoms with Crippen LogP contribution in [0.15, 0.2) is 42.7 Å². The molecule has 6 nitrogen and oxygen atoms in total. The monoisotopic (exact) mass is 341 g/mol. The zero-order valence-corrected chi connectivity index (χ0v) is 14.3. The molecule has 2 aromatic rings. The van der Waals surface area contributed by atoms with Gasteiger partial charge >= 0.3 is 6.03 Å². The third-order valence-corrected chi connectivity index (χ3v) is 4.14. The highest BCUT2D eigenvalue weighted by atomic mass is 16.5. The summed E-state index contributed by atoms with van der Waals surface area (Å²) in [6.45, 7) is 3.83. The number of hydrogen-bond acceptors (Lipinski definition) is 4. The molecule has 0 unspecified atom stereocenters. The number of amides is 2. The zero-order valence-electron chi connectivity index (χ0n) is 14.3. The predicted octanol–water partition coefficient (Wildman–Crippen LogP) is 3.13. The quantitative estimate of drug-likeness (QED) is 0.847. The molecule has 132 valence electrons. The van der Waals surface area contributed by atoms with Crippen molar-refractivity contribution >= 4 is 11.7 Å². The van der Waals surface area contributed by atoms with E-state index in [9.17, 15) is 4.79 Å². The summed E-state index contributed by atoms with van der Waals surface area (Å²) in [4.78, 5) is 16.4. The van der Waals surface area contributed by atoms with Crippen LogP contribution in [0, 0.1) is 0 Å². The molecule has 6 heteroatoms. The minimum atomic E-state index is -0.266. The van der Waals surface area contributed by atoms with Gasteiger partial charge in [-0.25, -0.2) is 4.79 Å². The fourth-order valence-electron chi connectivity index (χ4n) is 2.75. The van der Waals surface area contributed by atoms with E-state index in [1.165, 1.54) is 0 Å². The molecule has 0 aliphatic carbocycles. The second kappa shape index (κ2) is 8.48. The van der Waals surface area contributed by atoms with Gasteiger partial charge in [0.15, 0.2) is 0 Å². The SMILES string of the molecule is CCc1cnccc1CNC(=O)Nc1ccccc1O[C@@H]1CCOC1. The number of aromatic nitrogens is 1. The molecule has 2 N–H and O–H groups in total. The van der Waals surface area contributed by atoms with Gasteiger partial charge in [-0.05, 0) is 35.7 Å².